The number of hydrogen-bond donors (Lipinski definition) is 3. The normalized spacial score (nSPS) is 10.6. The van der Waals surface area contributed by atoms with Crippen LogP contribution in [0.25, 0.3) is 11.0 Å². The van der Waals surface area contributed by atoms with Gasteiger partial charge in [0.2, 0.25) is 0 Å². The predicted octanol–water partition coefficient (Wildman–Crippen LogP) is -0.973. The van der Waals surface area contributed by atoms with Crippen LogP contribution in [0.5, 0.6) is 0 Å². The van der Waals surface area contributed by atoms with E-state index in [1.807, 2.05) is 0 Å². The molecule has 0 spiro atoms. The maximum Gasteiger partial charge on any atom is 0.269 e. The monoisotopic (exact) mass is 234 g/mol. The van der Waals surface area contributed by atoms with Crippen molar-refractivity contribution in [2.45, 2.75) is 6.73 Å². The molecule has 0 aliphatic rings. The van der Waals surface area contributed by atoms with E-state index in [2.05, 4.69) is 4.98 Å². The van der Waals surface area contributed by atoms with Gasteiger partial charge in [0.15, 0.2) is 0 Å². The van der Waals surface area contributed by atoms with Crippen molar-refractivity contribution in [1.29, 1.82) is 0 Å². The summed E-state index contributed by atoms with van der Waals surface area (Å²) >= 11 is 0. The van der Waals surface area contributed by atoms with Gasteiger partial charge in [0.25, 0.3) is 11.5 Å². The summed E-state index contributed by atoms with van der Waals surface area (Å²) in [5.74, 6) is -0.930. The second-order valence-electron chi connectivity index (χ2n) is 3.40. The number of fused-ring (bicyclic) bond motifs is 1. The lowest BCUT2D eigenvalue weighted by molar-refractivity contribution is 0.0998. The average molecular weight is 234 g/mol. The molecule has 0 atom stereocenters. The number of nitrogens with two attached hydrogens (primary N) is 2. The van der Waals surface area contributed by atoms with E-state index in [1.54, 1.807) is 12.1 Å². The molecule has 7 nitrogen and oxygen atoms in total. The number of pyridine rings is 2. The molecule has 0 saturated heterocycles. The van der Waals surface area contributed by atoms with Crippen LogP contribution < -0.4 is 17.0 Å². The van der Waals surface area contributed by atoms with Crippen molar-refractivity contribution in [3.8, 4) is 0 Å². The van der Waals surface area contributed by atoms with Gasteiger partial charge in [0.1, 0.15) is 17.9 Å². The molecule has 88 valence electrons. The molecular formula is C10H10N4O3. The Morgan fingerprint density at radius 2 is 2.24 bits per heavy atom. The number of aliphatic hydroxyl groups excluding tert-OH is 1. The van der Waals surface area contributed by atoms with Gasteiger partial charge >= 0.3 is 0 Å². The van der Waals surface area contributed by atoms with Crippen LogP contribution in [-0.4, -0.2) is 20.6 Å². The SMILES string of the molecule is NC(=O)c1c(N)c2cccnc2n(CO)c1=O. The minimum atomic E-state index is -0.930. The molecule has 0 aliphatic carbocycles. The van der Waals surface area contributed by atoms with Crippen LogP contribution in [0.3, 0.4) is 0 Å². The lowest BCUT2D eigenvalue weighted by Crippen LogP contribution is -2.31. The summed E-state index contributed by atoms with van der Waals surface area (Å²) in [7, 11) is 0. The molecule has 2 rings (SSSR count). The lowest BCUT2D eigenvalue weighted by Gasteiger charge is -2.10. The quantitative estimate of drug-likeness (QED) is 0.616. The summed E-state index contributed by atoms with van der Waals surface area (Å²) in [4.78, 5) is 27.0. The molecule has 17 heavy (non-hydrogen) atoms. The molecule has 2 heterocycles. The van der Waals surface area contributed by atoms with E-state index >= 15 is 0 Å². The summed E-state index contributed by atoms with van der Waals surface area (Å²) in [5.41, 5.74) is 9.92. The Morgan fingerprint density at radius 3 is 2.82 bits per heavy atom. The zero-order valence-electron chi connectivity index (χ0n) is 8.75. The van der Waals surface area contributed by atoms with Crippen molar-refractivity contribution < 1.29 is 9.90 Å². The Hall–Kier alpha value is -2.41. The maximum absolute atomic E-state index is 11.9. The van der Waals surface area contributed by atoms with Gasteiger partial charge < -0.3 is 16.6 Å². The van der Waals surface area contributed by atoms with Crippen LogP contribution in [0.15, 0.2) is 23.1 Å². The molecule has 2 aromatic heterocycles. The van der Waals surface area contributed by atoms with Crippen molar-refractivity contribution >= 4 is 22.6 Å². The van der Waals surface area contributed by atoms with Gasteiger partial charge in [-0.25, -0.2) is 4.98 Å². The molecule has 0 radical (unpaired) electrons. The number of rotatable bonds is 2. The number of nitrogen functional groups attached to an aromatic ring is 1. The fourth-order valence-corrected chi connectivity index (χ4v) is 1.67. The molecule has 7 heteroatoms. The summed E-state index contributed by atoms with van der Waals surface area (Å²) < 4.78 is 0.936. The second-order valence-corrected chi connectivity index (χ2v) is 3.40. The number of carbonyl (C=O) groups is 1. The first-order valence-electron chi connectivity index (χ1n) is 4.75. The summed E-state index contributed by atoms with van der Waals surface area (Å²) in [6.07, 6.45) is 1.46. The van der Waals surface area contributed by atoms with Crippen LogP contribution in [0.1, 0.15) is 10.4 Å². The van der Waals surface area contributed by atoms with E-state index in [4.69, 9.17) is 16.6 Å². The molecule has 2 aromatic rings. The Kier molecular flexibility index (Phi) is 2.52. The largest absolute Gasteiger partial charge is 0.397 e. The second kappa shape index (κ2) is 3.87. The summed E-state index contributed by atoms with van der Waals surface area (Å²) in [6, 6.07) is 3.20. The van der Waals surface area contributed by atoms with Crippen molar-refractivity contribution in [3.63, 3.8) is 0 Å². The molecule has 0 unspecified atom stereocenters. The third kappa shape index (κ3) is 1.53. The number of anilines is 1. The Balaban J connectivity index is 3.05. The Bertz CT molecular complexity index is 662. The fourth-order valence-electron chi connectivity index (χ4n) is 1.67. The first kappa shape index (κ1) is 11.1. The zero-order valence-corrected chi connectivity index (χ0v) is 8.75. The van der Waals surface area contributed by atoms with Gasteiger partial charge in [-0.3, -0.25) is 14.2 Å². The van der Waals surface area contributed by atoms with Crippen LogP contribution in [-0.2, 0) is 6.73 Å². The fraction of sp³-hybridized carbons (Fsp3) is 0.100. The first-order valence-corrected chi connectivity index (χ1v) is 4.75. The zero-order chi connectivity index (χ0) is 12.6. The molecule has 0 aromatic carbocycles. The highest BCUT2D eigenvalue weighted by molar-refractivity contribution is 6.04. The number of nitrogens with zero attached hydrogens (tertiary/aromatic N) is 2. The number of hydrogen-bond acceptors (Lipinski definition) is 5. The number of aliphatic hydroxyl groups is 1. The maximum atomic E-state index is 11.9. The molecule has 1 amide bonds. The number of amides is 1. The van der Waals surface area contributed by atoms with Gasteiger partial charge in [0.05, 0.1) is 5.69 Å². The average Bonchev–Trinajstić information content (AvgIpc) is 2.29. The Morgan fingerprint density at radius 1 is 1.53 bits per heavy atom. The van der Waals surface area contributed by atoms with E-state index in [0.717, 1.165) is 4.57 Å². The highest BCUT2D eigenvalue weighted by atomic mass is 16.3. The third-order valence-electron chi connectivity index (χ3n) is 2.45. The van der Waals surface area contributed by atoms with Gasteiger partial charge in [0, 0.05) is 11.6 Å². The summed E-state index contributed by atoms with van der Waals surface area (Å²) in [6.45, 7) is -0.604. The van der Waals surface area contributed by atoms with E-state index < -0.39 is 18.2 Å². The van der Waals surface area contributed by atoms with E-state index in [0.29, 0.717) is 5.39 Å². The minimum absolute atomic E-state index is 0.0182. The highest BCUT2D eigenvalue weighted by Crippen LogP contribution is 2.19. The van der Waals surface area contributed by atoms with Gasteiger partial charge in [-0.15, -0.1) is 0 Å². The molecule has 5 N–H and O–H groups in total. The third-order valence-corrected chi connectivity index (χ3v) is 2.45. The summed E-state index contributed by atoms with van der Waals surface area (Å²) in [5, 5.41) is 9.54. The Labute approximate surface area is 95.3 Å². The number of primary amides is 1. The molecule has 0 fully saturated rings. The molecular weight excluding hydrogens is 224 g/mol. The standard InChI is InChI=1S/C10H10N4O3/c11-7-5-2-1-3-13-9(5)14(4-15)10(17)6(7)8(12)16/h1-3,15H,4,11H2,(H2,12,16). The van der Waals surface area contributed by atoms with E-state index in [-0.39, 0.29) is 16.9 Å². The number of aromatic nitrogens is 2. The predicted molar refractivity (Wildman–Crippen MR) is 61.2 cm³/mol. The van der Waals surface area contributed by atoms with E-state index in [1.165, 1.54) is 6.20 Å². The highest BCUT2D eigenvalue weighted by Gasteiger charge is 2.18. The topological polar surface area (TPSA) is 124 Å². The van der Waals surface area contributed by atoms with Crippen molar-refractivity contribution in [3.05, 3.63) is 34.2 Å². The van der Waals surface area contributed by atoms with Gasteiger partial charge in [-0.2, -0.15) is 0 Å². The molecule has 0 aliphatic heterocycles. The van der Waals surface area contributed by atoms with Crippen LogP contribution >= 0.6 is 0 Å². The lowest BCUT2D eigenvalue weighted by atomic mass is 10.1. The van der Waals surface area contributed by atoms with Crippen molar-refractivity contribution in [1.82, 2.24) is 9.55 Å². The van der Waals surface area contributed by atoms with Crippen molar-refractivity contribution in [2.24, 2.45) is 5.73 Å². The minimum Gasteiger partial charge on any atom is -0.397 e. The number of carbonyl (C=O) groups excluding carboxylic acids is 1. The van der Waals surface area contributed by atoms with Crippen LogP contribution in [0, 0.1) is 0 Å². The molecule has 0 saturated carbocycles. The van der Waals surface area contributed by atoms with Crippen LogP contribution in [0.4, 0.5) is 5.69 Å². The smallest absolute Gasteiger partial charge is 0.269 e. The van der Waals surface area contributed by atoms with Crippen LogP contribution in [0.2, 0.25) is 0 Å². The van der Waals surface area contributed by atoms with E-state index in [9.17, 15) is 9.59 Å². The van der Waals surface area contributed by atoms with Crippen molar-refractivity contribution in [2.75, 3.05) is 5.73 Å². The van der Waals surface area contributed by atoms with Gasteiger partial charge in [-0.1, -0.05) is 0 Å². The first-order chi connectivity index (χ1) is 8.07. The molecule has 0 bridgehead atoms. The van der Waals surface area contributed by atoms with Gasteiger partial charge in [-0.05, 0) is 12.1 Å².